The van der Waals surface area contributed by atoms with Gasteiger partial charge in [0.15, 0.2) is 0 Å². The summed E-state index contributed by atoms with van der Waals surface area (Å²) in [6.45, 7) is 6.51. The minimum atomic E-state index is -0.853. The minimum Gasteiger partial charge on any atom is -0.481 e. The van der Waals surface area contributed by atoms with Crippen molar-refractivity contribution in [1.82, 2.24) is 0 Å². The number of aliphatic carboxylic acids is 1. The van der Waals surface area contributed by atoms with Crippen molar-refractivity contribution in [3.63, 3.8) is 0 Å². The van der Waals surface area contributed by atoms with Gasteiger partial charge in [-0.05, 0) is 25.0 Å². The molecule has 4 nitrogen and oxygen atoms in total. The van der Waals surface area contributed by atoms with Crippen molar-refractivity contribution in [3.8, 4) is 0 Å². The van der Waals surface area contributed by atoms with Gasteiger partial charge in [0.1, 0.15) is 0 Å². The van der Waals surface area contributed by atoms with Gasteiger partial charge in [0, 0.05) is 18.8 Å². The van der Waals surface area contributed by atoms with Gasteiger partial charge < -0.3 is 15.1 Å². The van der Waals surface area contributed by atoms with E-state index in [1.54, 1.807) is 6.92 Å². The highest BCUT2D eigenvalue weighted by Crippen LogP contribution is 2.22. The van der Waals surface area contributed by atoms with Gasteiger partial charge in [0.05, 0.1) is 12.0 Å². The molecule has 0 aliphatic rings. The summed E-state index contributed by atoms with van der Waals surface area (Å²) in [7, 11) is 0. The molecule has 19 heavy (non-hydrogen) atoms. The van der Waals surface area contributed by atoms with Crippen molar-refractivity contribution in [3.05, 3.63) is 30.3 Å². The largest absolute Gasteiger partial charge is 0.481 e. The zero-order valence-corrected chi connectivity index (χ0v) is 11.8. The van der Waals surface area contributed by atoms with Crippen LogP contribution in [0, 0.1) is 5.92 Å². The summed E-state index contributed by atoms with van der Waals surface area (Å²) in [6.07, 6.45) is 0.0586. The van der Waals surface area contributed by atoms with Gasteiger partial charge in [-0.2, -0.15) is 0 Å². The summed E-state index contributed by atoms with van der Waals surface area (Å²) in [5.41, 5.74) is 0.0821. The Bertz CT molecular complexity index is 401. The summed E-state index contributed by atoms with van der Waals surface area (Å²) in [4.78, 5) is 12.7. The number of hydrogen-bond donors (Lipinski definition) is 2. The van der Waals surface area contributed by atoms with Crippen molar-refractivity contribution >= 4 is 11.7 Å². The molecule has 1 aromatic rings. The van der Waals surface area contributed by atoms with E-state index in [9.17, 15) is 9.90 Å². The van der Waals surface area contributed by atoms with Crippen LogP contribution in [-0.4, -0.2) is 34.9 Å². The normalized spacial score (nSPS) is 14.2. The summed E-state index contributed by atoms with van der Waals surface area (Å²) in [6, 6.07) is 9.59. The average Bonchev–Trinajstić information content (AvgIpc) is 2.35. The van der Waals surface area contributed by atoms with Gasteiger partial charge in [-0.3, -0.25) is 4.79 Å². The zero-order chi connectivity index (χ0) is 14.5. The average molecular weight is 265 g/mol. The number of carboxylic acid groups (broad SMARTS) is 1. The van der Waals surface area contributed by atoms with Crippen LogP contribution in [0.15, 0.2) is 30.3 Å². The Labute approximate surface area is 114 Å². The molecule has 1 unspecified atom stereocenters. The van der Waals surface area contributed by atoms with E-state index < -0.39 is 11.6 Å². The van der Waals surface area contributed by atoms with Gasteiger partial charge >= 0.3 is 5.97 Å². The van der Waals surface area contributed by atoms with Crippen molar-refractivity contribution in [2.75, 3.05) is 18.0 Å². The molecule has 1 atom stereocenters. The first-order chi connectivity index (χ1) is 8.83. The first kappa shape index (κ1) is 15.5. The fourth-order valence-corrected chi connectivity index (χ4v) is 1.74. The number of carboxylic acids is 1. The van der Waals surface area contributed by atoms with E-state index in [0.29, 0.717) is 13.1 Å². The van der Waals surface area contributed by atoms with E-state index >= 15 is 0 Å². The lowest BCUT2D eigenvalue weighted by molar-refractivity contribution is -0.136. The quantitative estimate of drug-likeness (QED) is 0.794. The van der Waals surface area contributed by atoms with Crippen LogP contribution >= 0.6 is 0 Å². The van der Waals surface area contributed by atoms with Gasteiger partial charge in [-0.1, -0.05) is 32.0 Å². The van der Waals surface area contributed by atoms with Crippen LogP contribution in [0.25, 0.3) is 0 Å². The molecule has 2 N–H and O–H groups in total. The highest BCUT2D eigenvalue weighted by molar-refractivity contribution is 5.67. The number of anilines is 1. The van der Waals surface area contributed by atoms with Crippen LogP contribution < -0.4 is 4.90 Å². The summed E-state index contributed by atoms with van der Waals surface area (Å²) >= 11 is 0. The van der Waals surface area contributed by atoms with Crippen LogP contribution in [0.4, 0.5) is 5.69 Å². The lowest BCUT2D eigenvalue weighted by atomic mass is 9.91. The first-order valence-corrected chi connectivity index (χ1v) is 6.57. The van der Waals surface area contributed by atoms with Crippen molar-refractivity contribution in [1.29, 1.82) is 0 Å². The molecule has 0 bridgehead atoms. The van der Waals surface area contributed by atoms with Gasteiger partial charge in [0.25, 0.3) is 0 Å². The second kappa shape index (κ2) is 6.57. The van der Waals surface area contributed by atoms with Crippen LogP contribution in [-0.2, 0) is 4.79 Å². The molecule has 0 radical (unpaired) electrons. The summed E-state index contributed by atoms with van der Waals surface area (Å²) in [5, 5.41) is 19.2. The third-order valence-corrected chi connectivity index (χ3v) is 3.47. The number of hydrogen-bond acceptors (Lipinski definition) is 3. The van der Waals surface area contributed by atoms with Gasteiger partial charge in [-0.15, -0.1) is 0 Å². The predicted octanol–water partition coefficient (Wildman–Crippen LogP) is 2.37. The molecule has 0 aromatic heterocycles. The Morgan fingerprint density at radius 3 is 2.37 bits per heavy atom. The summed E-state index contributed by atoms with van der Waals surface area (Å²) < 4.78 is 0. The predicted molar refractivity (Wildman–Crippen MR) is 76.4 cm³/mol. The lowest BCUT2D eigenvalue weighted by Crippen LogP contribution is -2.45. The highest BCUT2D eigenvalue weighted by Gasteiger charge is 2.28. The Balaban J connectivity index is 2.84. The van der Waals surface area contributed by atoms with Crippen LogP contribution in [0.1, 0.15) is 27.2 Å². The molecule has 0 heterocycles. The number of para-hydroxylation sites is 1. The molecule has 1 aromatic carbocycles. The third kappa shape index (κ3) is 4.91. The third-order valence-electron chi connectivity index (χ3n) is 3.47. The molecule has 0 spiro atoms. The molecule has 4 heteroatoms. The molecule has 0 amide bonds. The zero-order valence-electron chi connectivity index (χ0n) is 11.8. The van der Waals surface area contributed by atoms with Gasteiger partial charge in [0.2, 0.25) is 0 Å². The van der Waals surface area contributed by atoms with E-state index in [4.69, 9.17) is 5.11 Å². The van der Waals surface area contributed by atoms with Crippen LogP contribution in [0.3, 0.4) is 0 Å². The highest BCUT2D eigenvalue weighted by atomic mass is 16.4. The lowest BCUT2D eigenvalue weighted by Gasteiger charge is -2.35. The Hall–Kier alpha value is -1.55. The molecular weight excluding hydrogens is 242 g/mol. The maximum Gasteiger partial charge on any atom is 0.305 e. The molecule has 1 rings (SSSR count). The molecule has 0 aliphatic carbocycles. The molecule has 0 saturated carbocycles. The van der Waals surface area contributed by atoms with E-state index in [1.165, 1.54) is 0 Å². The fourth-order valence-electron chi connectivity index (χ4n) is 1.74. The Morgan fingerprint density at radius 2 is 1.89 bits per heavy atom. The number of nitrogens with zero attached hydrogens (tertiary/aromatic N) is 1. The maximum atomic E-state index is 10.7. The smallest absolute Gasteiger partial charge is 0.305 e. The molecule has 0 aliphatic heterocycles. The van der Waals surface area contributed by atoms with Crippen molar-refractivity contribution < 1.29 is 15.0 Å². The molecule has 106 valence electrons. The monoisotopic (exact) mass is 265 g/mol. The first-order valence-electron chi connectivity index (χ1n) is 6.57. The van der Waals surface area contributed by atoms with Crippen molar-refractivity contribution in [2.45, 2.75) is 32.8 Å². The molecule has 0 saturated heterocycles. The Morgan fingerprint density at radius 1 is 1.32 bits per heavy atom. The molecule has 0 fully saturated rings. The number of rotatable bonds is 7. The number of aliphatic hydroxyl groups is 1. The molecular formula is C15H23NO3. The maximum absolute atomic E-state index is 10.7. The van der Waals surface area contributed by atoms with Crippen LogP contribution in [0.2, 0.25) is 0 Å². The van der Waals surface area contributed by atoms with E-state index in [1.807, 2.05) is 49.1 Å². The van der Waals surface area contributed by atoms with Crippen molar-refractivity contribution in [2.24, 2.45) is 5.92 Å². The van der Waals surface area contributed by atoms with E-state index in [2.05, 4.69) is 0 Å². The standard InChI is InChI=1S/C15H23NO3/c1-12(2)15(3,19)11-16(10-9-14(17)18)13-7-5-4-6-8-13/h4-8,12,19H,9-11H2,1-3H3,(H,17,18). The number of carbonyl (C=O) groups is 1. The van der Waals surface area contributed by atoms with Gasteiger partial charge in [-0.25, -0.2) is 0 Å². The number of benzene rings is 1. The minimum absolute atomic E-state index is 0.0586. The second-order valence-electron chi connectivity index (χ2n) is 5.41. The van der Waals surface area contributed by atoms with E-state index in [-0.39, 0.29) is 12.3 Å². The fraction of sp³-hybridized carbons (Fsp3) is 0.533. The second-order valence-corrected chi connectivity index (χ2v) is 5.41. The SMILES string of the molecule is CC(C)C(C)(O)CN(CCC(=O)O)c1ccccc1. The van der Waals surface area contributed by atoms with Crippen LogP contribution in [0.5, 0.6) is 0 Å². The van der Waals surface area contributed by atoms with E-state index in [0.717, 1.165) is 5.69 Å². The Kier molecular flexibility index (Phi) is 5.36. The topological polar surface area (TPSA) is 60.8 Å². The summed E-state index contributed by atoms with van der Waals surface area (Å²) in [5.74, 6) is -0.728.